The Morgan fingerprint density at radius 3 is 1.19 bits per heavy atom. The van der Waals surface area contributed by atoms with Crippen LogP contribution in [0.25, 0.3) is 0 Å². The van der Waals surface area contributed by atoms with Crippen molar-refractivity contribution in [1.82, 2.24) is 9.80 Å². The van der Waals surface area contributed by atoms with Crippen molar-refractivity contribution in [3.8, 4) is 0 Å². The van der Waals surface area contributed by atoms with Crippen LogP contribution in [0.5, 0.6) is 0 Å². The van der Waals surface area contributed by atoms with Crippen molar-refractivity contribution in [3.63, 3.8) is 0 Å². The molecule has 0 heterocycles. The fourth-order valence-electron chi connectivity index (χ4n) is 1.89. The molecule has 26 heavy (non-hydrogen) atoms. The summed E-state index contributed by atoms with van der Waals surface area (Å²) in [4.78, 5) is 4.34. The molecule has 2 atom stereocenters. The molecule has 0 unspecified atom stereocenters. The molecule has 0 bridgehead atoms. The van der Waals surface area contributed by atoms with E-state index in [0.717, 1.165) is 0 Å². The van der Waals surface area contributed by atoms with Gasteiger partial charge in [0.15, 0.2) is 0 Å². The van der Waals surface area contributed by atoms with Crippen molar-refractivity contribution < 1.29 is 37.5 Å². The van der Waals surface area contributed by atoms with Crippen LogP contribution in [0, 0.1) is 12.1 Å². The number of hydrogen-bond acceptors (Lipinski definition) is 2. The first-order chi connectivity index (χ1) is 12.4. The third-order valence-corrected chi connectivity index (χ3v) is 3.92. The Morgan fingerprint density at radius 1 is 0.692 bits per heavy atom. The summed E-state index contributed by atoms with van der Waals surface area (Å²) in [5, 5.41) is 0. The zero-order valence-electron chi connectivity index (χ0n) is 16.1. The molecule has 0 N–H and O–H groups in total. The van der Waals surface area contributed by atoms with Crippen LogP contribution in [-0.2, 0) is 37.5 Å². The number of benzene rings is 2. The zero-order chi connectivity index (χ0) is 20.5. The number of rotatable bonds is 4. The first-order valence-corrected chi connectivity index (χ1v) is 13.6. The van der Waals surface area contributed by atoms with Crippen LogP contribution in [0.2, 0.25) is 0 Å². The van der Waals surface area contributed by atoms with Crippen molar-refractivity contribution >= 4 is 18.8 Å². The van der Waals surface area contributed by atoms with Crippen LogP contribution < -0.4 is 0 Å². The average molecular weight is 758 g/mol. The summed E-state index contributed by atoms with van der Waals surface area (Å²) in [7, 11) is 17.5. The second-order valence-corrected chi connectivity index (χ2v) is 5.91. The van der Waals surface area contributed by atoms with E-state index < -0.39 is 0 Å². The molecule has 2 rings (SSSR count). The summed E-state index contributed by atoms with van der Waals surface area (Å²) in [5.74, 6) is 0. The van der Waals surface area contributed by atoms with Gasteiger partial charge in [0, 0.05) is 12.1 Å². The minimum absolute atomic E-state index is 0.455. The van der Waals surface area contributed by atoms with Gasteiger partial charge < -0.3 is 9.80 Å². The van der Waals surface area contributed by atoms with Gasteiger partial charge in [0.2, 0.25) is 0 Å². The summed E-state index contributed by atoms with van der Waals surface area (Å²) in [6, 6.07) is 23.5. The Balaban J connectivity index is 0. The molecular weight excluding hydrogens is 729 g/mol. The van der Waals surface area contributed by atoms with E-state index in [-0.39, 0.29) is 0 Å². The fraction of sp³-hybridized carbons (Fsp3) is 0.400. The standard InChI is InChI=1S/2C10H14N.2ClH.2Pt/c2*1-9(11(2)3)10-7-5-4-6-8-10;;;;/h2*4-7,9H,1-3H3;2*1H;;/q2*-1;;;2*+2/p-2/t2*9-;;;;/m00..../s1. The van der Waals surface area contributed by atoms with Crippen LogP contribution in [0.15, 0.2) is 48.5 Å². The van der Waals surface area contributed by atoms with E-state index in [1.54, 1.807) is 37.5 Å². The molecule has 6 heteroatoms. The van der Waals surface area contributed by atoms with Crippen molar-refractivity contribution in [3.05, 3.63) is 71.8 Å². The minimum atomic E-state index is 0.455. The van der Waals surface area contributed by atoms with E-state index in [2.05, 4.69) is 94.9 Å². The number of nitrogens with zero attached hydrogens (tertiary/aromatic N) is 2. The van der Waals surface area contributed by atoms with Crippen LogP contribution in [0.3, 0.4) is 0 Å². The third kappa shape index (κ3) is 12.7. The van der Waals surface area contributed by atoms with Gasteiger partial charge in [0.05, 0.1) is 0 Å². The number of hydrogen-bond donors (Lipinski definition) is 0. The molecule has 0 saturated heterocycles. The van der Waals surface area contributed by atoms with Crippen LogP contribution >= 0.6 is 18.8 Å². The van der Waals surface area contributed by atoms with Gasteiger partial charge in [-0.3, -0.25) is 0 Å². The van der Waals surface area contributed by atoms with Gasteiger partial charge in [-0.15, -0.1) is 11.1 Å². The van der Waals surface area contributed by atoms with Gasteiger partial charge in [0.25, 0.3) is 0 Å². The summed E-state index contributed by atoms with van der Waals surface area (Å²) in [5.41, 5.74) is 2.50. The molecule has 2 nitrogen and oxygen atoms in total. The third-order valence-electron chi connectivity index (χ3n) is 3.92. The Morgan fingerprint density at radius 2 is 1.00 bits per heavy atom. The fourth-order valence-corrected chi connectivity index (χ4v) is 1.89. The molecule has 0 spiro atoms. The summed E-state index contributed by atoms with van der Waals surface area (Å²) in [6.07, 6.45) is 0. The van der Waals surface area contributed by atoms with Crippen molar-refractivity contribution in [2.24, 2.45) is 0 Å². The summed E-state index contributed by atoms with van der Waals surface area (Å²) in [6.45, 7) is 4.34. The van der Waals surface area contributed by atoms with E-state index in [0.29, 0.717) is 12.1 Å². The van der Waals surface area contributed by atoms with Crippen molar-refractivity contribution in [2.75, 3.05) is 28.2 Å². The normalized spacial score (nSPS) is 11.9. The molecule has 0 amide bonds. The van der Waals surface area contributed by atoms with Crippen molar-refractivity contribution in [1.29, 1.82) is 0 Å². The van der Waals surface area contributed by atoms with E-state index in [9.17, 15) is 0 Å². The Kier molecular flexibility index (Phi) is 20.5. The topological polar surface area (TPSA) is 6.48 Å². The second kappa shape index (κ2) is 18.7. The molecule has 0 aliphatic heterocycles. The summed E-state index contributed by atoms with van der Waals surface area (Å²) < 4.78 is 0. The van der Waals surface area contributed by atoms with Gasteiger partial charge >= 0.3 is 56.4 Å². The van der Waals surface area contributed by atoms with Gasteiger partial charge in [-0.25, -0.2) is 0 Å². The predicted molar refractivity (Wildman–Crippen MR) is 106 cm³/mol. The average Bonchev–Trinajstić information content (AvgIpc) is 2.71. The van der Waals surface area contributed by atoms with Crippen LogP contribution in [0.4, 0.5) is 0 Å². The molecule has 0 aromatic heterocycles. The van der Waals surface area contributed by atoms with Gasteiger partial charge in [-0.1, -0.05) is 0 Å². The molecule has 0 aliphatic carbocycles. The monoisotopic (exact) mass is 756 g/mol. The maximum absolute atomic E-state index is 4.61. The van der Waals surface area contributed by atoms with E-state index >= 15 is 0 Å². The molecule has 0 fully saturated rings. The molecule has 0 saturated carbocycles. The first-order valence-electron chi connectivity index (χ1n) is 7.93. The van der Waals surface area contributed by atoms with E-state index in [1.165, 1.54) is 11.1 Å². The second-order valence-electron chi connectivity index (χ2n) is 5.91. The number of halogens is 2. The van der Waals surface area contributed by atoms with Gasteiger partial charge in [-0.2, -0.15) is 60.7 Å². The Hall–Kier alpha value is 0.317. The van der Waals surface area contributed by atoms with E-state index in [1.807, 2.05) is 36.4 Å². The van der Waals surface area contributed by atoms with Gasteiger partial charge in [-0.05, 0) is 42.0 Å². The molecule has 2 aromatic rings. The SMILES string of the molecule is C[C@@H](c1[c-]cccc1)N(C)C.C[C@@H](c1[c-]cccc1)N(C)C.[Cl][Pt+].[Cl][Pt+]. The Labute approximate surface area is 190 Å². The molecule has 152 valence electrons. The zero-order valence-corrected chi connectivity index (χ0v) is 22.1. The summed E-state index contributed by atoms with van der Waals surface area (Å²) >= 11 is 3.22. The molecule has 0 radical (unpaired) electrons. The van der Waals surface area contributed by atoms with Gasteiger partial charge in [0.1, 0.15) is 0 Å². The molecule has 2 aromatic carbocycles. The predicted octanol–water partition coefficient (Wildman–Crippen LogP) is 5.59. The van der Waals surface area contributed by atoms with Crippen LogP contribution in [0.1, 0.15) is 37.1 Å². The molecular formula is C20H28Cl2N2Pt2. The van der Waals surface area contributed by atoms with E-state index in [4.69, 9.17) is 0 Å². The van der Waals surface area contributed by atoms with Crippen LogP contribution in [-0.4, -0.2) is 38.0 Å². The molecule has 0 aliphatic rings. The maximum atomic E-state index is 4.61. The Bertz CT molecular complexity index is 476. The van der Waals surface area contributed by atoms with Crippen molar-refractivity contribution in [2.45, 2.75) is 25.9 Å². The quantitative estimate of drug-likeness (QED) is 0.376. The first kappa shape index (κ1) is 28.5.